The van der Waals surface area contributed by atoms with Crippen LogP contribution in [-0.2, 0) is 4.79 Å². The van der Waals surface area contributed by atoms with Crippen LogP contribution in [0.15, 0.2) is 0 Å². The van der Waals surface area contributed by atoms with Gasteiger partial charge in [-0.15, -0.1) is 0 Å². The van der Waals surface area contributed by atoms with Crippen LogP contribution in [0.4, 0.5) is 0 Å². The van der Waals surface area contributed by atoms with E-state index in [0.717, 1.165) is 0 Å². The first-order chi connectivity index (χ1) is 4.09. The van der Waals surface area contributed by atoms with E-state index in [9.17, 15) is 4.79 Å². The molecule has 0 aliphatic rings. The van der Waals surface area contributed by atoms with Crippen LogP contribution in [0.2, 0.25) is 0 Å². The number of hydrogen-bond donors (Lipinski definition) is 3. The molecule has 9 heavy (non-hydrogen) atoms. The zero-order valence-corrected chi connectivity index (χ0v) is 6.35. The Bertz CT molecular complexity index is 105. The smallest absolute Gasteiger partial charge is 0.150 e. The molecule has 0 heterocycles. The summed E-state index contributed by atoms with van der Waals surface area (Å²) in [7, 11) is 0. The zero-order valence-electron chi connectivity index (χ0n) is 5.46. The van der Waals surface area contributed by atoms with Crippen molar-refractivity contribution >= 4 is 18.6 Å². The van der Waals surface area contributed by atoms with Gasteiger partial charge in [-0.3, -0.25) is 9.52 Å². The highest BCUT2D eigenvalue weighted by Crippen LogP contribution is 1.94. The van der Waals surface area contributed by atoms with Gasteiger partial charge in [0, 0.05) is 0 Å². The Morgan fingerprint density at radius 1 is 1.78 bits per heavy atom. The molecule has 54 valence electrons. The fourth-order valence-electron chi connectivity index (χ4n) is 0.538. The lowest BCUT2D eigenvalue weighted by Gasteiger charge is -2.13. The lowest BCUT2D eigenvalue weighted by molar-refractivity contribution is -0.120. The normalized spacial score (nSPS) is 16.9. The predicted molar refractivity (Wildman–Crippen MR) is 38.3 cm³/mol. The summed E-state index contributed by atoms with van der Waals surface area (Å²) in [5.74, 6) is -0.111. The maximum atomic E-state index is 10.5. The number of hydrogen-bond acceptors (Lipinski definition) is 4. The number of carbonyl (C=O) groups excluding carboxylic acids is 1. The van der Waals surface area contributed by atoms with Crippen molar-refractivity contribution in [3.05, 3.63) is 0 Å². The summed E-state index contributed by atoms with van der Waals surface area (Å²) in [6.45, 7) is 2.94. The molecule has 0 radical (unpaired) electrons. The van der Waals surface area contributed by atoms with Gasteiger partial charge in [-0.05, 0) is 13.8 Å². The van der Waals surface area contributed by atoms with Crippen molar-refractivity contribution in [3.63, 3.8) is 0 Å². The molecule has 0 fully saturated rings. The van der Waals surface area contributed by atoms with E-state index in [1.54, 1.807) is 0 Å². The van der Waals surface area contributed by atoms with E-state index in [4.69, 9.17) is 5.11 Å². The van der Waals surface area contributed by atoms with E-state index in [0.29, 0.717) is 0 Å². The van der Waals surface area contributed by atoms with Gasteiger partial charge in [0.25, 0.3) is 0 Å². The Kier molecular flexibility index (Phi) is 3.84. The molecule has 3 nitrogen and oxygen atoms in total. The third-order valence-electron chi connectivity index (χ3n) is 1.06. The highest BCUT2D eigenvalue weighted by Gasteiger charge is 2.16. The molecule has 0 aromatic carbocycles. The van der Waals surface area contributed by atoms with Crippen LogP contribution < -0.4 is 4.72 Å². The lowest BCUT2D eigenvalue weighted by Crippen LogP contribution is -2.38. The molecule has 0 aliphatic carbocycles. The SMILES string of the molecule is CC(=O)[C@@H](NS)[C@@H](C)O. The molecule has 0 unspecified atom stereocenters. The van der Waals surface area contributed by atoms with Gasteiger partial charge >= 0.3 is 0 Å². The van der Waals surface area contributed by atoms with E-state index < -0.39 is 12.1 Å². The summed E-state index contributed by atoms with van der Waals surface area (Å²) < 4.78 is 2.40. The average molecular weight is 149 g/mol. The number of nitrogens with one attached hydrogen (secondary N) is 1. The van der Waals surface area contributed by atoms with Gasteiger partial charge in [0.15, 0.2) is 0 Å². The molecule has 4 heteroatoms. The van der Waals surface area contributed by atoms with Crippen molar-refractivity contribution in [2.45, 2.75) is 26.0 Å². The van der Waals surface area contributed by atoms with E-state index in [-0.39, 0.29) is 5.78 Å². The Hall–Kier alpha value is -0.0600. The molecule has 0 aromatic heterocycles. The third kappa shape index (κ3) is 2.84. The molecule has 0 amide bonds. The summed E-state index contributed by atoms with van der Waals surface area (Å²) in [5.41, 5.74) is 0. The van der Waals surface area contributed by atoms with Crippen molar-refractivity contribution in [1.29, 1.82) is 0 Å². The van der Waals surface area contributed by atoms with E-state index in [1.807, 2.05) is 0 Å². The first-order valence-corrected chi connectivity index (χ1v) is 3.12. The molecule has 0 aromatic rings. The Morgan fingerprint density at radius 3 is 2.22 bits per heavy atom. The van der Waals surface area contributed by atoms with E-state index >= 15 is 0 Å². The Labute approximate surface area is 60.0 Å². The lowest BCUT2D eigenvalue weighted by atomic mass is 10.1. The molecular weight excluding hydrogens is 138 g/mol. The summed E-state index contributed by atoms with van der Waals surface area (Å²) in [6, 6.07) is -0.548. The number of carbonyl (C=O) groups is 1. The number of aliphatic hydroxyl groups excluding tert-OH is 1. The molecule has 0 aliphatic heterocycles. The minimum atomic E-state index is -0.681. The molecule has 0 saturated carbocycles. The van der Waals surface area contributed by atoms with Crippen molar-refractivity contribution in [3.8, 4) is 0 Å². The summed E-state index contributed by atoms with van der Waals surface area (Å²) in [5, 5.41) is 8.85. The predicted octanol–water partition coefficient (Wildman–Crippen LogP) is -0.241. The number of thiol groups is 1. The van der Waals surface area contributed by atoms with Crippen LogP contribution in [0.3, 0.4) is 0 Å². The quantitative estimate of drug-likeness (QED) is 0.485. The standard InChI is InChI=1S/C5H11NO2S/c1-3(7)5(6-9)4(2)8/h3,5-7,9H,1-2H3/t3-,5+/m1/s1. The number of aliphatic hydroxyl groups is 1. The Morgan fingerprint density at radius 2 is 2.22 bits per heavy atom. The minimum Gasteiger partial charge on any atom is -0.391 e. The van der Waals surface area contributed by atoms with Crippen LogP contribution in [0.1, 0.15) is 13.8 Å². The third-order valence-corrected chi connectivity index (χ3v) is 1.34. The van der Waals surface area contributed by atoms with Crippen LogP contribution in [0, 0.1) is 0 Å². The number of rotatable bonds is 3. The second kappa shape index (κ2) is 3.87. The van der Waals surface area contributed by atoms with E-state index in [2.05, 4.69) is 17.5 Å². The highest BCUT2D eigenvalue weighted by atomic mass is 32.1. The first kappa shape index (κ1) is 8.94. The zero-order chi connectivity index (χ0) is 7.44. The molecule has 2 atom stereocenters. The van der Waals surface area contributed by atoms with Gasteiger partial charge in [-0.1, -0.05) is 12.8 Å². The first-order valence-electron chi connectivity index (χ1n) is 2.67. The molecule has 0 rings (SSSR count). The van der Waals surface area contributed by atoms with Crippen molar-refractivity contribution in [1.82, 2.24) is 4.72 Å². The van der Waals surface area contributed by atoms with Crippen LogP contribution in [0.25, 0.3) is 0 Å². The topological polar surface area (TPSA) is 49.3 Å². The molecule has 2 N–H and O–H groups in total. The minimum absolute atomic E-state index is 0.111. The van der Waals surface area contributed by atoms with Gasteiger partial charge in [-0.25, -0.2) is 0 Å². The van der Waals surface area contributed by atoms with Gasteiger partial charge in [0.2, 0.25) is 0 Å². The van der Waals surface area contributed by atoms with Gasteiger partial charge in [0.1, 0.15) is 11.8 Å². The largest absolute Gasteiger partial charge is 0.391 e. The average Bonchev–Trinajstić information content (AvgIpc) is 1.64. The van der Waals surface area contributed by atoms with Gasteiger partial charge in [0.05, 0.1) is 6.10 Å². The molecular formula is C5H11NO2S. The summed E-state index contributed by atoms with van der Waals surface area (Å²) in [4.78, 5) is 10.5. The fraction of sp³-hybridized carbons (Fsp3) is 0.800. The summed E-state index contributed by atoms with van der Waals surface area (Å²) >= 11 is 3.66. The van der Waals surface area contributed by atoms with Gasteiger partial charge in [-0.2, -0.15) is 0 Å². The van der Waals surface area contributed by atoms with Crippen LogP contribution >= 0.6 is 12.8 Å². The van der Waals surface area contributed by atoms with Crippen LogP contribution in [-0.4, -0.2) is 23.0 Å². The molecule has 0 bridgehead atoms. The molecule has 0 saturated heterocycles. The molecule has 0 spiro atoms. The van der Waals surface area contributed by atoms with Crippen molar-refractivity contribution < 1.29 is 9.90 Å². The maximum Gasteiger partial charge on any atom is 0.150 e. The highest BCUT2D eigenvalue weighted by molar-refractivity contribution is 7.78. The van der Waals surface area contributed by atoms with Crippen molar-refractivity contribution in [2.24, 2.45) is 0 Å². The van der Waals surface area contributed by atoms with E-state index in [1.165, 1.54) is 13.8 Å². The second-order valence-corrected chi connectivity index (χ2v) is 2.22. The number of Topliss-reactive ketones (excluding diaryl/α,β-unsaturated/α-hetero) is 1. The fourth-order valence-corrected chi connectivity index (χ4v) is 0.936. The Balaban J connectivity index is 3.83. The second-order valence-electron chi connectivity index (χ2n) is 1.96. The van der Waals surface area contributed by atoms with Crippen molar-refractivity contribution in [2.75, 3.05) is 0 Å². The number of ketones is 1. The van der Waals surface area contributed by atoms with Crippen LogP contribution in [0.5, 0.6) is 0 Å². The van der Waals surface area contributed by atoms with Gasteiger partial charge < -0.3 is 5.11 Å². The monoisotopic (exact) mass is 149 g/mol. The maximum absolute atomic E-state index is 10.5. The summed E-state index contributed by atoms with van der Waals surface area (Å²) in [6.07, 6.45) is -0.681.